The molecule has 6 heteroatoms. The quantitative estimate of drug-likeness (QED) is 0.408. The van der Waals surface area contributed by atoms with Gasteiger partial charge < -0.3 is 10.2 Å². The molecule has 2 heterocycles. The monoisotopic (exact) mass is 478 g/mol. The molecular formula is C30H30N4O2. The smallest absolute Gasteiger partial charge is 0.255 e. The number of carbonyl (C=O) groups is 2. The molecule has 0 spiro atoms. The number of hydrogen-bond acceptors (Lipinski definition) is 3. The molecule has 5 rings (SSSR count). The van der Waals surface area contributed by atoms with Crippen molar-refractivity contribution in [3.63, 3.8) is 0 Å². The summed E-state index contributed by atoms with van der Waals surface area (Å²) in [5.74, 6) is -0.148. The van der Waals surface area contributed by atoms with Crippen molar-refractivity contribution in [1.29, 1.82) is 0 Å². The van der Waals surface area contributed by atoms with Crippen LogP contribution in [0, 0.1) is 13.8 Å². The summed E-state index contributed by atoms with van der Waals surface area (Å²) in [5, 5.41) is 7.84. The zero-order chi connectivity index (χ0) is 25.1. The number of nitrogens with one attached hydrogen (secondary N) is 1. The molecular weight excluding hydrogens is 448 g/mol. The molecule has 1 aliphatic heterocycles. The molecule has 182 valence electrons. The number of para-hydroxylation sites is 1. The van der Waals surface area contributed by atoms with Gasteiger partial charge in [0.15, 0.2) is 0 Å². The molecule has 0 atom stereocenters. The van der Waals surface area contributed by atoms with E-state index in [1.165, 1.54) is 0 Å². The zero-order valence-corrected chi connectivity index (χ0v) is 20.7. The maximum absolute atomic E-state index is 13.4. The van der Waals surface area contributed by atoms with Crippen LogP contribution in [0.3, 0.4) is 0 Å². The molecule has 36 heavy (non-hydrogen) atoms. The van der Waals surface area contributed by atoms with Crippen molar-refractivity contribution in [3.05, 3.63) is 107 Å². The molecule has 0 aliphatic carbocycles. The summed E-state index contributed by atoms with van der Waals surface area (Å²) in [6, 6.07) is 23.4. The van der Waals surface area contributed by atoms with Gasteiger partial charge in [-0.1, -0.05) is 54.1 Å². The number of carbonyl (C=O) groups excluding carboxylic acids is 2. The highest BCUT2D eigenvalue weighted by Crippen LogP contribution is 2.27. The van der Waals surface area contributed by atoms with Crippen LogP contribution in [-0.2, 0) is 6.54 Å². The maximum atomic E-state index is 13.4. The van der Waals surface area contributed by atoms with E-state index in [9.17, 15) is 9.59 Å². The number of aryl methyl sites for hydroxylation is 2. The minimum atomic E-state index is -0.205. The summed E-state index contributed by atoms with van der Waals surface area (Å²) in [6.07, 6.45) is 3.90. The van der Waals surface area contributed by atoms with Crippen molar-refractivity contribution in [1.82, 2.24) is 20.0 Å². The Morgan fingerprint density at radius 1 is 0.917 bits per heavy atom. The first-order valence-corrected chi connectivity index (χ1v) is 12.4. The highest BCUT2D eigenvalue weighted by Gasteiger charge is 2.21. The molecule has 0 radical (unpaired) electrons. The fourth-order valence-corrected chi connectivity index (χ4v) is 4.73. The van der Waals surface area contributed by atoms with Gasteiger partial charge in [0.05, 0.1) is 11.3 Å². The Balaban J connectivity index is 1.41. The molecule has 0 unspecified atom stereocenters. The molecule has 6 nitrogen and oxygen atoms in total. The Labute approximate surface area is 211 Å². The lowest BCUT2D eigenvalue weighted by Gasteiger charge is -2.15. The highest BCUT2D eigenvalue weighted by molar-refractivity contribution is 6.00. The standard InChI is InChI=1S/C30H30N4O2/c1-21-13-14-26(22(2)17-21)28-27(20-34(32-28)25-11-4-3-5-12-25)29(35)31-19-23-9-8-10-24(18-23)30(36)33-15-6-7-16-33/h3-5,8-14,17-18,20H,6-7,15-16,19H2,1-2H3,(H,31,35). The summed E-state index contributed by atoms with van der Waals surface area (Å²) >= 11 is 0. The summed E-state index contributed by atoms with van der Waals surface area (Å²) in [6.45, 7) is 6.03. The number of amides is 2. The van der Waals surface area contributed by atoms with Crippen LogP contribution in [0.4, 0.5) is 0 Å². The lowest BCUT2D eigenvalue weighted by molar-refractivity contribution is 0.0792. The number of rotatable bonds is 6. The Bertz CT molecular complexity index is 1400. The summed E-state index contributed by atoms with van der Waals surface area (Å²) in [4.78, 5) is 28.1. The van der Waals surface area contributed by atoms with Gasteiger partial charge in [0, 0.05) is 37.0 Å². The van der Waals surface area contributed by atoms with E-state index >= 15 is 0 Å². The van der Waals surface area contributed by atoms with Gasteiger partial charge in [-0.2, -0.15) is 5.10 Å². The second-order valence-corrected chi connectivity index (χ2v) is 9.37. The molecule has 1 aromatic heterocycles. The normalized spacial score (nSPS) is 13.1. The van der Waals surface area contributed by atoms with Gasteiger partial charge in [-0.25, -0.2) is 4.68 Å². The van der Waals surface area contributed by atoms with Gasteiger partial charge in [-0.3, -0.25) is 9.59 Å². The Kier molecular flexibility index (Phi) is 6.67. The Morgan fingerprint density at radius 2 is 1.69 bits per heavy atom. The van der Waals surface area contributed by atoms with Crippen LogP contribution in [0.2, 0.25) is 0 Å². The van der Waals surface area contributed by atoms with E-state index in [-0.39, 0.29) is 11.8 Å². The molecule has 0 bridgehead atoms. The summed E-state index contributed by atoms with van der Waals surface area (Å²) < 4.78 is 1.75. The highest BCUT2D eigenvalue weighted by atomic mass is 16.2. The third-order valence-electron chi connectivity index (χ3n) is 6.64. The van der Waals surface area contributed by atoms with Crippen LogP contribution in [-0.4, -0.2) is 39.6 Å². The molecule has 0 saturated carbocycles. The molecule has 1 saturated heterocycles. The van der Waals surface area contributed by atoms with Gasteiger partial charge in [0.25, 0.3) is 11.8 Å². The lowest BCUT2D eigenvalue weighted by atomic mass is 10.0. The van der Waals surface area contributed by atoms with Crippen LogP contribution in [0.1, 0.15) is 50.2 Å². The van der Waals surface area contributed by atoms with Gasteiger partial charge >= 0.3 is 0 Å². The third-order valence-corrected chi connectivity index (χ3v) is 6.64. The number of likely N-dealkylation sites (tertiary alicyclic amines) is 1. The van der Waals surface area contributed by atoms with Gasteiger partial charge in [-0.05, 0) is 62.1 Å². The van der Waals surface area contributed by atoms with E-state index in [0.717, 1.165) is 53.9 Å². The Hall–Kier alpha value is -4.19. The maximum Gasteiger partial charge on any atom is 0.255 e. The van der Waals surface area contributed by atoms with Crippen molar-refractivity contribution in [3.8, 4) is 16.9 Å². The number of benzene rings is 3. The van der Waals surface area contributed by atoms with E-state index in [1.54, 1.807) is 10.9 Å². The average Bonchev–Trinajstić information content (AvgIpc) is 3.59. The average molecular weight is 479 g/mol. The predicted molar refractivity (Wildman–Crippen MR) is 141 cm³/mol. The van der Waals surface area contributed by atoms with Crippen molar-refractivity contribution in [2.45, 2.75) is 33.2 Å². The second kappa shape index (κ2) is 10.2. The number of nitrogens with zero attached hydrogens (tertiary/aromatic N) is 3. The predicted octanol–water partition coefficient (Wildman–Crippen LogP) is 5.32. The van der Waals surface area contributed by atoms with Crippen molar-refractivity contribution >= 4 is 11.8 Å². The number of hydrogen-bond donors (Lipinski definition) is 1. The SMILES string of the molecule is Cc1ccc(-c2nn(-c3ccccc3)cc2C(=O)NCc2cccc(C(=O)N3CCCC3)c2)c(C)c1. The molecule has 1 fully saturated rings. The zero-order valence-electron chi connectivity index (χ0n) is 20.7. The van der Waals surface area contributed by atoms with Crippen molar-refractivity contribution in [2.24, 2.45) is 0 Å². The van der Waals surface area contributed by atoms with Crippen LogP contribution in [0.15, 0.2) is 79.0 Å². The first-order chi connectivity index (χ1) is 17.5. The minimum Gasteiger partial charge on any atom is -0.348 e. The topological polar surface area (TPSA) is 67.2 Å². The second-order valence-electron chi connectivity index (χ2n) is 9.37. The van der Waals surface area contributed by atoms with E-state index < -0.39 is 0 Å². The summed E-state index contributed by atoms with van der Waals surface area (Å²) in [5.41, 5.74) is 6.74. The Morgan fingerprint density at radius 3 is 2.44 bits per heavy atom. The van der Waals surface area contributed by atoms with Gasteiger partial charge in [0.1, 0.15) is 5.69 Å². The van der Waals surface area contributed by atoms with Gasteiger partial charge in [0.2, 0.25) is 0 Å². The fraction of sp³-hybridized carbons (Fsp3) is 0.233. The third kappa shape index (κ3) is 4.93. The summed E-state index contributed by atoms with van der Waals surface area (Å²) in [7, 11) is 0. The van der Waals surface area contributed by atoms with E-state index in [1.807, 2.05) is 78.6 Å². The molecule has 2 amide bonds. The van der Waals surface area contributed by atoms with Crippen molar-refractivity contribution in [2.75, 3.05) is 13.1 Å². The van der Waals surface area contributed by atoms with E-state index in [0.29, 0.717) is 23.4 Å². The minimum absolute atomic E-state index is 0.0574. The first kappa shape index (κ1) is 23.5. The lowest BCUT2D eigenvalue weighted by Crippen LogP contribution is -2.28. The largest absolute Gasteiger partial charge is 0.348 e. The molecule has 4 aromatic rings. The van der Waals surface area contributed by atoms with Gasteiger partial charge in [-0.15, -0.1) is 0 Å². The van der Waals surface area contributed by atoms with E-state index in [2.05, 4.69) is 18.3 Å². The van der Waals surface area contributed by atoms with Crippen molar-refractivity contribution < 1.29 is 9.59 Å². The van der Waals surface area contributed by atoms with Crippen LogP contribution in [0.5, 0.6) is 0 Å². The number of aromatic nitrogens is 2. The van der Waals surface area contributed by atoms with Crippen LogP contribution < -0.4 is 5.32 Å². The van der Waals surface area contributed by atoms with Crippen LogP contribution >= 0.6 is 0 Å². The first-order valence-electron chi connectivity index (χ1n) is 12.4. The fourth-order valence-electron chi connectivity index (χ4n) is 4.73. The van der Waals surface area contributed by atoms with E-state index in [4.69, 9.17) is 5.10 Å². The van der Waals surface area contributed by atoms with Crippen LogP contribution in [0.25, 0.3) is 16.9 Å². The molecule has 3 aromatic carbocycles. The molecule has 1 N–H and O–H groups in total. The molecule has 1 aliphatic rings.